The Hall–Kier alpha value is -1.11. The second-order valence-corrected chi connectivity index (χ2v) is 3.95. The molecule has 0 amide bonds. The van der Waals surface area contributed by atoms with Crippen LogP contribution in [-0.2, 0) is 0 Å². The van der Waals surface area contributed by atoms with E-state index in [9.17, 15) is 0 Å². The number of thioether (sulfide) groups is 1. The van der Waals surface area contributed by atoms with Crippen molar-refractivity contribution in [1.29, 1.82) is 0 Å². The lowest BCUT2D eigenvalue weighted by Crippen LogP contribution is -1.72. The van der Waals surface area contributed by atoms with Crippen LogP contribution in [0.1, 0.15) is 0 Å². The van der Waals surface area contributed by atoms with Gasteiger partial charge < -0.3 is 4.42 Å². The van der Waals surface area contributed by atoms with Gasteiger partial charge in [-0.25, -0.2) is 4.98 Å². The summed E-state index contributed by atoms with van der Waals surface area (Å²) in [6.07, 6.45) is 5.13. The first-order valence-corrected chi connectivity index (χ1v) is 5.28. The maximum atomic E-state index is 5.81. The molecule has 2 rings (SSSR count). The molecule has 70 valence electrons. The van der Waals surface area contributed by atoms with E-state index in [0.717, 1.165) is 11.1 Å². The highest BCUT2D eigenvalue weighted by Gasteiger charge is 2.05. The summed E-state index contributed by atoms with van der Waals surface area (Å²) >= 11 is 7.21. The molecule has 0 saturated heterocycles. The van der Waals surface area contributed by atoms with E-state index < -0.39 is 0 Å². The van der Waals surface area contributed by atoms with Crippen LogP contribution < -0.4 is 0 Å². The highest BCUT2D eigenvalue weighted by atomic mass is 35.5. The quantitative estimate of drug-likeness (QED) is 0.578. The Balaban J connectivity index is 2.37. The van der Waals surface area contributed by atoms with Gasteiger partial charge in [-0.05, 0) is 18.2 Å². The second-order valence-electron chi connectivity index (χ2n) is 2.58. The molecule has 0 spiro atoms. The largest absolute Gasteiger partial charge is 0.431 e. The van der Waals surface area contributed by atoms with Crippen LogP contribution in [0.4, 0.5) is 0 Å². The molecular weight excluding hydrogens is 218 g/mol. The zero-order valence-corrected chi connectivity index (χ0v) is 8.73. The third-order valence-corrected chi connectivity index (χ3v) is 2.58. The van der Waals surface area contributed by atoms with Crippen molar-refractivity contribution in [2.75, 3.05) is 5.75 Å². The lowest BCUT2D eigenvalue weighted by molar-refractivity contribution is 0.490. The minimum absolute atomic E-state index is 0.556. The van der Waals surface area contributed by atoms with Gasteiger partial charge in [-0.15, -0.1) is 6.42 Å². The minimum atomic E-state index is 0.556. The number of oxazole rings is 1. The average molecular weight is 224 g/mol. The fraction of sp³-hybridized carbons (Fsp3) is 0.100. The smallest absolute Gasteiger partial charge is 0.257 e. The van der Waals surface area contributed by atoms with E-state index in [1.54, 1.807) is 18.2 Å². The number of hydrogen-bond acceptors (Lipinski definition) is 3. The van der Waals surface area contributed by atoms with Gasteiger partial charge in [-0.3, -0.25) is 0 Å². The van der Waals surface area contributed by atoms with Gasteiger partial charge in [-0.1, -0.05) is 29.3 Å². The van der Waals surface area contributed by atoms with Crippen LogP contribution in [0.3, 0.4) is 0 Å². The Morgan fingerprint density at radius 1 is 1.57 bits per heavy atom. The Bertz CT molecular complexity index is 500. The average Bonchev–Trinajstić information content (AvgIpc) is 2.56. The third kappa shape index (κ3) is 1.87. The first-order valence-electron chi connectivity index (χ1n) is 3.92. The summed E-state index contributed by atoms with van der Waals surface area (Å²) in [5.74, 6) is 3.06. The van der Waals surface area contributed by atoms with Gasteiger partial charge in [0.25, 0.3) is 5.22 Å². The van der Waals surface area contributed by atoms with Gasteiger partial charge in [0.1, 0.15) is 5.52 Å². The molecule has 1 aromatic carbocycles. The van der Waals surface area contributed by atoms with Crippen LogP contribution >= 0.6 is 23.4 Å². The molecule has 0 saturated carbocycles. The topological polar surface area (TPSA) is 26.0 Å². The number of nitrogens with zero attached hydrogens (tertiary/aromatic N) is 1. The number of benzene rings is 1. The predicted molar refractivity (Wildman–Crippen MR) is 58.6 cm³/mol. The molecule has 0 aliphatic carbocycles. The normalized spacial score (nSPS) is 10.3. The van der Waals surface area contributed by atoms with Gasteiger partial charge >= 0.3 is 0 Å². The molecule has 2 aromatic rings. The van der Waals surface area contributed by atoms with E-state index in [-0.39, 0.29) is 0 Å². The van der Waals surface area contributed by atoms with Gasteiger partial charge in [0.2, 0.25) is 0 Å². The molecule has 0 unspecified atom stereocenters. The van der Waals surface area contributed by atoms with Crippen molar-refractivity contribution in [1.82, 2.24) is 4.98 Å². The van der Waals surface area contributed by atoms with Gasteiger partial charge in [0, 0.05) is 5.02 Å². The Kier molecular flexibility index (Phi) is 2.67. The lowest BCUT2D eigenvalue weighted by Gasteiger charge is -1.85. The van der Waals surface area contributed by atoms with Crippen LogP contribution in [0.2, 0.25) is 5.02 Å². The molecule has 2 nitrogen and oxygen atoms in total. The standard InChI is InChI=1S/C10H6ClNOS/c1-2-5-14-10-12-8-6-7(11)3-4-9(8)13-10/h1,3-4,6H,5H2. The van der Waals surface area contributed by atoms with Crippen molar-refractivity contribution in [3.8, 4) is 12.3 Å². The first-order chi connectivity index (χ1) is 6.79. The zero-order valence-electron chi connectivity index (χ0n) is 7.16. The molecule has 0 atom stereocenters. The summed E-state index contributed by atoms with van der Waals surface area (Å²) in [6, 6.07) is 5.33. The molecular formula is C10H6ClNOS. The highest BCUT2D eigenvalue weighted by molar-refractivity contribution is 7.99. The molecule has 0 aliphatic heterocycles. The van der Waals surface area contributed by atoms with Crippen LogP contribution in [0, 0.1) is 12.3 Å². The Morgan fingerprint density at radius 3 is 3.21 bits per heavy atom. The summed E-state index contributed by atoms with van der Waals surface area (Å²) in [5, 5.41) is 1.24. The van der Waals surface area contributed by atoms with Crippen molar-refractivity contribution in [3.63, 3.8) is 0 Å². The van der Waals surface area contributed by atoms with Crippen molar-refractivity contribution in [2.45, 2.75) is 5.22 Å². The molecule has 14 heavy (non-hydrogen) atoms. The van der Waals surface area contributed by atoms with Crippen LogP contribution in [-0.4, -0.2) is 10.7 Å². The van der Waals surface area contributed by atoms with Crippen molar-refractivity contribution < 1.29 is 4.42 Å². The molecule has 0 bridgehead atoms. The van der Waals surface area contributed by atoms with Crippen molar-refractivity contribution in [3.05, 3.63) is 23.2 Å². The summed E-state index contributed by atoms with van der Waals surface area (Å²) in [4.78, 5) is 4.23. The van der Waals surface area contributed by atoms with E-state index in [4.69, 9.17) is 22.4 Å². The summed E-state index contributed by atoms with van der Waals surface area (Å²) in [6.45, 7) is 0. The number of terminal acetylenes is 1. The van der Waals surface area contributed by atoms with Crippen LogP contribution in [0.25, 0.3) is 11.1 Å². The SMILES string of the molecule is C#CCSc1nc2cc(Cl)ccc2o1. The summed E-state index contributed by atoms with van der Waals surface area (Å²) < 4.78 is 5.42. The maximum absolute atomic E-state index is 5.81. The predicted octanol–water partition coefficient (Wildman–Crippen LogP) is 3.21. The molecule has 0 radical (unpaired) electrons. The van der Waals surface area contributed by atoms with E-state index in [1.165, 1.54) is 11.8 Å². The van der Waals surface area contributed by atoms with E-state index in [2.05, 4.69) is 10.9 Å². The number of fused-ring (bicyclic) bond motifs is 1. The highest BCUT2D eigenvalue weighted by Crippen LogP contribution is 2.25. The van der Waals surface area contributed by atoms with Gasteiger partial charge in [0.05, 0.1) is 5.75 Å². The fourth-order valence-corrected chi connectivity index (χ4v) is 1.73. The molecule has 4 heteroatoms. The molecule has 1 heterocycles. The van der Waals surface area contributed by atoms with E-state index in [0.29, 0.717) is 16.0 Å². The monoisotopic (exact) mass is 223 g/mol. The zero-order chi connectivity index (χ0) is 9.97. The molecule has 0 fully saturated rings. The number of rotatable bonds is 2. The van der Waals surface area contributed by atoms with Crippen molar-refractivity contribution in [2.24, 2.45) is 0 Å². The molecule has 1 aromatic heterocycles. The lowest BCUT2D eigenvalue weighted by atomic mass is 10.3. The third-order valence-electron chi connectivity index (χ3n) is 1.61. The number of halogens is 1. The van der Waals surface area contributed by atoms with Crippen LogP contribution in [0.15, 0.2) is 27.8 Å². The van der Waals surface area contributed by atoms with E-state index in [1.807, 2.05) is 0 Å². The molecule has 0 aliphatic rings. The summed E-state index contributed by atoms with van der Waals surface area (Å²) in [7, 11) is 0. The van der Waals surface area contributed by atoms with Gasteiger partial charge in [-0.2, -0.15) is 0 Å². The number of aromatic nitrogens is 1. The second kappa shape index (κ2) is 3.95. The first kappa shape index (κ1) is 9.45. The fourth-order valence-electron chi connectivity index (χ4n) is 1.04. The van der Waals surface area contributed by atoms with Gasteiger partial charge in [0.15, 0.2) is 5.58 Å². The maximum Gasteiger partial charge on any atom is 0.257 e. The molecule has 0 N–H and O–H groups in total. The Morgan fingerprint density at radius 2 is 2.43 bits per heavy atom. The number of hydrogen-bond donors (Lipinski definition) is 0. The summed E-state index contributed by atoms with van der Waals surface area (Å²) in [5.41, 5.74) is 1.49. The Labute approximate surface area is 90.6 Å². The minimum Gasteiger partial charge on any atom is -0.431 e. The van der Waals surface area contributed by atoms with E-state index >= 15 is 0 Å². The van der Waals surface area contributed by atoms with Crippen LogP contribution in [0.5, 0.6) is 0 Å². The van der Waals surface area contributed by atoms with Crippen molar-refractivity contribution >= 4 is 34.5 Å².